The standard InChI is InChI=1S/C34H45FINO6/c1-21-18-32(5)19-22(2)29(39)33(6,35)31(40)43-30(36)34(7,41)27(23(3)28(21)37-24(4)38)17-16-26(20-42-32)15-11-14-25-12-9-8-10-13-25/h8-15,21-23,27,30,41H,16-20H2,1-7H3/b14-11+,26-15+,37-28?/t21-,22-,23-,27-,30+,32-,33+,34+/m1/s1. The van der Waals surface area contributed by atoms with Crippen molar-refractivity contribution < 1.29 is 33.4 Å². The number of allylic oxidation sites excluding steroid dienone is 2. The minimum absolute atomic E-state index is 0.145. The number of aliphatic hydroxyl groups is 1. The number of ketones is 1. The molecule has 2 saturated heterocycles. The molecule has 236 valence electrons. The molecule has 0 saturated carbocycles. The third-order valence-electron chi connectivity index (χ3n) is 8.85. The molecule has 0 unspecified atom stereocenters. The van der Waals surface area contributed by atoms with Crippen molar-refractivity contribution in [2.75, 3.05) is 6.61 Å². The molecular formula is C34H45FINO6. The van der Waals surface area contributed by atoms with E-state index in [0.29, 0.717) is 25.0 Å². The number of halogens is 2. The van der Waals surface area contributed by atoms with Crippen LogP contribution in [0.4, 0.5) is 4.39 Å². The number of aliphatic imine (C=N–C) groups is 1. The van der Waals surface area contributed by atoms with Crippen molar-refractivity contribution in [2.45, 2.75) is 95.1 Å². The minimum Gasteiger partial charge on any atom is -0.446 e. The first-order chi connectivity index (χ1) is 20.0. The predicted molar refractivity (Wildman–Crippen MR) is 175 cm³/mol. The second kappa shape index (κ2) is 14.2. The minimum atomic E-state index is -2.90. The molecule has 0 aliphatic carbocycles. The van der Waals surface area contributed by atoms with Crippen molar-refractivity contribution in [3.05, 3.63) is 53.6 Å². The smallest absolute Gasteiger partial charge is 0.352 e. The Labute approximate surface area is 268 Å². The number of cyclic esters (lactones) is 1. The molecule has 1 aromatic rings. The normalized spacial score (nSPS) is 38.8. The van der Waals surface area contributed by atoms with E-state index < -0.39 is 50.5 Å². The fourth-order valence-corrected chi connectivity index (χ4v) is 7.21. The Morgan fingerprint density at radius 3 is 2.35 bits per heavy atom. The lowest BCUT2D eigenvalue weighted by Crippen LogP contribution is -2.53. The Hall–Kier alpha value is -2.24. The molecule has 2 aliphatic heterocycles. The Bertz CT molecular complexity index is 1270. The monoisotopic (exact) mass is 709 g/mol. The molecule has 2 bridgehead atoms. The summed E-state index contributed by atoms with van der Waals surface area (Å²) in [5.74, 6) is -4.68. The van der Waals surface area contributed by atoms with Gasteiger partial charge in [0.1, 0.15) is 5.60 Å². The Morgan fingerprint density at radius 1 is 1.09 bits per heavy atom. The first kappa shape index (κ1) is 35.2. The highest BCUT2D eigenvalue weighted by molar-refractivity contribution is 14.1. The number of Topliss-reactive ketones (excluding diaryl/α,β-unsaturated/α-hetero) is 1. The van der Waals surface area contributed by atoms with E-state index in [1.807, 2.05) is 69.3 Å². The molecule has 8 atom stereocenters. The van der Waals surface area contributed by atoms with Crippen LogP contribution in [0, 0.1) is 23.7 Å². The highest BCUT2D eigenvalue weighted by Gasteiger charge is 2.52. The number of hydrogen-bond donors (Lipinski definition) is 1. The van der Waals surface area contributed by atoms with Gasteiger partial charge in [0.05, 0.1) is 12.2 Å². The van der Waals surface area contributed by atoms with E-state index in [1.165, 1.54) is 6.92 Å². The van der Waals surface area contributed by atoms with Gasteiger partial charge in [-0.2, -0.15) is 0 Å². The van der Waals surface area contributed by atoms with Crippen molar-refractivity contribution in [3.63, 3.8) is 0 Å². The average Bonchev–Trinajstić information content (AvgIpc) is 2.94. The summed E-state index contributed by atoms with van der Waals surface area (Å²) in [4.78, 5) is 43.2. The number of carbonyl (C=O) groups is 3. The van der Waals surface area contributed by atoms with Crippen LogP contribution in [0.1, 0.15) is 79.7 Å². The first-order valence-electron chi connectivity index (χ1n) is 14.9. The van der Waals surface area contributed by atoms with Gasteiger partial charge in [0.2, 0.25) is 5.91 Å². The SMILES string of the molecule is CC(=O)N=C1[C@H](C)C[C@]2(C)C[C@@H](C)C(=O)[C@](C)(F)C(=O)O[C@H](I)[C@@](C)(O)[C@H](CC/C(=C\C=C\c3ccccc3)CO2)[C@H]1C. The third-order valence-corrected chi connectivity index (χ3v) is 10.4. The summed E-state index contributed by atoms with van der Waals surface area (Å²) in [6.07, 6.45) is 7.49. The van der Waals surface area contributed by atoms with Crippen LogP contribution in [0.25, 0.3) is 6.08 Å². The molecule has 43 heavy (non-hydrogen) atoms. The van der Waals surface area contributed by atoms with Crippen molar-refractivity contribution in [1.29, 1.82) is 0 Å². The third kappa shape index (κ3) is 8.69. The van der Waals surface area contributed by atoms with Crippen LogP contribution in [-0.4, -0.2) is 56.1 Å². The van der Waals surface area contributed by atoms with E-state index in [-0.39, 0.29) is 24.9 Å². The van der Waals surface area contributed by atoms with Crippen LogP contribution >= 0.6 is 22.6 Å². The number of fused-ring (bicyclic) bond motifs is 5. The number of amides is 1. The molecule has 2 aliphatic rings. The molecule has 1 amide bonds. The van der Waals surface area contributed by atoms with Gasteiger partial charge < -0.3 is 14.6 Å². The van der Waals surface area contributed by atoms with Gasteiger partial charge in [-0.3, -0.25) is 9.59 Å². The second-order valence-electron chi connectivity index (χ2n) is 12.8. The fraction of sp³-hybridized carbons (Fsp3) is 0.588. The number of esters is 1. The quantitative estimate of drug-likeness (QED) is 0.156. The van der Waals surface area contributed by atoms with Gasteiger partial charge in [0.25, 0.3) is 5.67 Å². The molecular weight excluding hydrogens is 664 g/mol. The zero-order valence-corrected chi connectivity index (χ0v) is 28.4. The molecule has 0 spiro atoms. The van der Waals surface area contributed by atoms with Crippen LogP contribution in [0.15, 0.2) is 53.0 Å². The lowest BCUT2D eigenvalue weighted by atomic mass is 9.71. The van der Waals surface area contributed by atoms with Crippen molar-refractivity contribution in [3.8, 4) is 0 Å². The summed E-state index contributed by atoms with van der Waals surface area (Å²) in [5.41, 5.74) is -2.85. The molecule has 0 radical (unpaired) electrons. The van der Waals surface area contributed by atoms with E-state index in [9.17, 15) is 19.5 Å². The van der Waals surface area contributed by atoms with Gasteiger partial charge in [-0.15, -0.1) is 0 Å². The first-order valence-corrected chi connectivity index (χ1v) is 16.2. The maximum Gasteiger partial charge on any atom is 0.352 e. The molecule has 1 N–H and O–H groups in total. The summed E-state index contributed by atoms with van der Waals surface area (Å²) >= 11 is 1.80. The predicted octanol–water partition coefficient (Wildman–Crippen LogP) is 6.85. The number of alkyl halides is 2. The number of nitrogens with zero attached hydrogens (tertiary/aromatic N) is 1. The van der Waals surface area contributed by atoms with E-state index in [0.717, 1.165) is 18.1 Å². The van der Waals surface area contributed by atoms with Crippen molar-refractivity contribution >= 4 is 52.0 Å². The number of rotatable bonds is 2. The van der Waals surface area contributed by atoms with Gasteiger partial charge in [-0.25, -0.2) is 14.2 Å². The van der Waals surface area contributed by atoms with Crippen molar-refractivity contribution in [1.82, 2.24) is 0 Å². The van der Waals surface area contributed by atoms with E-state index in [1.54, 1.807) is 36.4 Å². The fourth-order valence-electron chi connectivity index (χ4n) is 6.52. The van der Waals surface area contributed by atoms with Gasteiger partial charge in [-0.05, 0) is 92.0 Å². The number of hydrogen-bond acceptors (Lipinski definition) is 6. The number of ether oxygens (including phenoxy) is 2. The van der Waals surface area contributed by atoms with Crippen LogP contribution in [0.3, 0.4) is 0 Å². The summed E-state index contributed by atoms with van der Waals surface area (Å²) in [6, 6.07) is 9.90. The molecule has 1 aromatic carbocycles. The van der Waals surface area contributed by atoms with E-state index in [2.05, 4.69) is 4.99 Å². The van der Waals surface area contributed by atoms with Crippen LogP contribution in [0.5, 0.6) is 0 Å². The zero-order valence-electron chi connectivity index (χ0n) is 26.2. The van der Waals surface area contributed by atoms with Crippen LogP contribution < -0.4 is 0 Å². The van der Waals surface area contributed by atoms with E-state index >= 15 is 4.39 Å². The molecule has 0 aromatic heterocycles. The summed E-state index contributed by atoms with van der Waals surface area (Å²) < 4.78 is 26.7. The zero-order chi connectivity index (χ0) is 32.2. The van der Waals surface area contributed by atoms with Gasteiger partial charge in [0, 0.05) is 24.5 Å². The largest absolute Gasteiger partial charge is 0.446 e. The highest BCUT2D eigenvalue weighted by atomic mass is 127. The second-order valence-corrected chi connectivity index (χ2v) is 14.0. The topological polar surface area (TPSA) is 102 Å². The Morgan fingerprint density at radius 2 is 1.72 bits per heavy atom. The van der Waals surface area contributed by atoms with Crippen molar-refractivity contribution in [2.24, 2.45) is 28.7 Å². The number of benzene rings is 1. The maximum atomic E-state index is 15.8. The molecule has 2 fully saturated rings. The Balaban J connectivity index is 2.21. The van der Waals surface area contributed by atoms with Gasteiger partial charge >= 0.3 is 5.97 Å². The lowest BCUT2D eigenvalue weighted by Gasteiger charge is -2.42. The number of carbonyl (C=O) groups excluding carboxylic acids is 3. The summed E-state index contributed by atoms with van der Waals surface area (Å²) in [5, 5.41) is 12.0. The lowest BCUT2D eigenvalue weighted by molar-refractivity contribution is -0.174. The van der Waals surface area contributed by atoms with E-state index in [4.69, 9.17) is 9.47 Å². The molecule has 9 heteroatoms. The van der Waals surface area contributed by atoms with Crippen LogP contribution in [-0.2, 0) is 23.9 Å². The highest BCUT2D eigenvalue weighted by Crippen LogP contribution is 2.42. The summed E-state index contributed by atoms with van der Waals surface area (Å²) in [7, 11) is 0. The Kier molecular flexibility index (Phi) is 11.7. The average molecular weight is 710 g/mol. The van der Waals surface area contributed by atoms with Crippen LogP contribution in [0.2, 0.25) is 0 Å². The van der Waals surface area contributed by atoms with Gasteiger partial charge in [0.15, 0.2) is 9.89 Å². The molecule has 2 heterocycles. The maximum absolute atomic E-state index is 15.8. The molecule has 7 nitrogen and oxygen atoms in total. The van der Waals surface area contributed by atoms with Gasteiger partial charge in [-0.1, -0.05) is 69.3 Å². The summed E-state index contributed by atoms with van der Waals surface area (Å²) in [6.45, 7) is 11.5. The molecule has 3 rings (SSSR count).